The molecule has 3 atom stereocenters. The summed E-state index contributed by atoms with van der Waals surface area (Å²) in [6, 6.07) is 0. The Morgan fingerprint density at radius 1 is 1.33 bits per heavy atom. The average Bonchev–Trinajstić information content (AvgIpc) is 3.06. The molecule has 5 nitrogen and oxygen atoms in total. The van der Waals surface area contributed by atoms with Crippen LogP contribution in [0.4, 0.5) is 0 Å². The van der Waals surface area contributed by atoms with E-state index in [4.69, 9.17) is 9.47 Å². The van der Waals surface area contributed by atoms with E-state index in [0.29, 0.717) is 24.2 Å². The number of allylic oxidation sites excluding steroid dienone is 1. The van der Waals surface area contributed by atoms with Gasteiger partial charge in [0.1, 0.15) is 0 Å². The van der Waals surface area contributed by atoms with Gasteiger partial charge >= 0.3 is 0 Å². The Kier molecular flexibility index (Phi) is 6.17. The second kappa shape index (κ2) is 8.34. The number of amides is 1. The van der Waals surface area contributed by atoms with Crippen molar-refractivity contribution >= 4 is 5.91 Å². The summed E-state index contributed by atoms with van der Waals surface area (Å²) in [4.78, 5) is 14.7. The molecule has 0 aromatic rings. The summed E-state index contributed by atoms with van der Waals surface area (Å²) in [6.07, 6.45) is 9.24. The Hall–Kier alpha value is -1.07. The van der Waals surface area contributed by atoms with Gasteiger partial charge in [-0.2, -0.15) is 0 Å². The molecule has 0 bridgehead atoms. The lowest BCUT2D eigenvalue weighted by molar-refractivity contribution is -0.180. The first-order chi connectivity index (χ1) is 11.7. The van der Waals surface area contributed by atoms with Gasteiger partial charge in [-0.05, 0) is 63.4 Å². The predicted octanol–water partition coefficient (Wildman–Crippen LogP) is 2.69. The van der Waals surface area contributed by atoms with E-state index in [1.165, 1.54) is 19.3 Å². The van der Waals surface area contributed by atoms with Crippen LogP contribution in [-0.4, -0.2) is 48.5 Å². The average molecular weight is 337 g/mol. The Balaban J connectivity index is 1.80. The Labute approximate surface area is 145 Å². The van der Waals surface area contributed by atoms with Crippen molar-refractivity contribution in [3.05, 3.63) is 11.8 Å². The molecule has 0 unspecified atom stereocenters. The normalized spacial score (nSPS) is 30.7. The number of hydrogen-bond donors (Lipinski definition) is 1. The van der Waals surface area contributed by atoms with E-state index in [-0.39, 0.29) is 24.7 Å². The molecule has 2 aliphatic heterocycles. The lowest BCUT2D eigenvalue weighted by Gasteiger charge is -2.43. The van der Waals surface area contributed by atoms with Crippen LogP contribution in [0.1, 0.15) is 51.9 Å². The molecule has 1 saturated heterocycles. The minimum atomic E-state index is -0.362. The smallest absolute Gasteiger partial charge is 0.288 e. The number of rotatable bonds is 7. The SMILES string of the molecule is CCO[C@@H]1OC(C(=O)N2CCCC2)=C[C@H](C2CCC2)[C@@H]1CCCO. The first-order valence-electron chi connectivity index (χ1n) is 9.64. The third-order valence-electron chi connectivity index (χ3n) is 5.76. The minimum Gasteiger partial charge on any atom is -0.459 e. The quantitative estimate of drug-likeness (QED) is 0.776. The second-order valence-electron chi connectivity index (χ2n) is 7.27. The minimum absolute atomic E-state index is 0.0298. The molecule has 1 aliphatic carbocycles. The molecule has 3 aliphatic rings. The highest BCUT2D eigenvalue weighted by Gasteiger charge is 2.42. The third kappa shape index (κ3) is 3.77. The van der Waals surface area contributed by atoms with E-state index < -0.39 is 0 Å². The fraction of sp³-hybridized carbons (Fsp3) is 0.842. The van der Waals surface area contributed by atoms with Crippen LogP contribution in [-0.2, 0) is 14.3 Å². The number of carbonyl (C=O) groups is 1. The zero-order valence-corrected chi connectivity index (χ0v) is 14.8. The van der Waals surface area contributed by atoms with E-state index >= 15 is 0 Å². The molecule has 136 valence electrons. The van der Waals surface area contributed by atoms with Crippen molar-refractivity contribution in [2.75, 3.05) is 26.3 Å². The summed E-state index contributed by atoms with van der Waals surface area (Å²) in [5, 5.41) is 9.24. The van der Waals surface area contributed by atoms with Crippen molar-refractivity contribution in [3.8, 4) is 0 Å². The lowest BCUT2D eigenvalue weighted by Crippen LogP contribution is -2.43. The van der Waals surface area contributed by atoms with Crippen molar-refractivity contribution in [1.29, 1.82) is 0 Å². The summed E-state index contributed by atoms with van der Waals surface area (Å²) < 4.78 is 11.9. The van der Waals surface area contributed by atoms with Crippen LogP contribution in [0.15, 0.2) is 11.8 Å². The number of aliphatic hydroxyl groups excluding tert-OH is 1. The molecule has 3 rings (SSSR count). The largest absolute Gasteiger partial charge is 0.459 e. The molecule has 0 aromatic heterocycles. The van der Waals surface area contributed by atoms with Gasteiger partial charge in [0, 0.05) is 32.2 Å². The predicted molar refractivity (Wildman–Crippen MR) is 91.0 cm³/mol. The molecular weight excluding hydrogens is 306 g/mol. The van der Waals surface area contributed by atoms with Gasteiger partial charge in [0.15, 0.2) is 5.76 Å². The highest BCUT2D eigenvalue weighted by molar-refractivity contribution is 5.91. The second-order valence-corrected chi connectivity index (χ2v) is 7.27. The summed E-state index contributed by atoms with van der Waals surface area (Å²) in [7, 11) is 0. The molecular formula is C19H31NO4. The Morgan fingerprint density at radius 2 is 2.08 bits per heavy atom. The molecule has 0 radical (unpaired) electrons. The fourth-order valence-electron chi connectivity index (χ4n) is 4.22. The zero-order valence-electron chi connectivity index (χ0n) is 14.8. The maximum absolute atomic E-state index is 12.8. The Morgan fingerprint density at radius 3 is 2.67 bits per heavy atom. The summed E-state index contributed by atoms with van der Waals surface area (Å²) >= 11 is 0. The van der Waals surface area contributed by atoms with Gasteiger partial charge in [-0.25, -0.2) is 0 Å². The van der Waals surface area contributed by atoms with Gasteiger partial charge in [0.05, 0.1) is 0 Å². The van der Waals surface area contributed by atoms with Gasteiger partial charge in [0.2, 0.25) is 6.29 Å². The van der Waals surface area contributed by atoms with Gasteiger partial charge in [-0.1, -0.05) is 6.42 Å². The topological polar surface area (TPSA) is 59.0 Å². The molecule has 5 heteroatoms. The van der Waals surface area contributed by atoms with Gasteiger partial charge < -0.3 is 19.5 Å². The number of ether oxygens (including phenoxy) is 2. The Bertz CT molecular complexity index is 454. The van der Waals surface area contributed by atoms with E-state index in [1.807, 2.05) is 11.8 Å². The van der Waals surface area contributed by atoms with Crippen LogP contribution in [0.3, 0.4) is 0 Å². The van der Waals surface area contributed by atoms with Crippen molar-refractivity contribution in [1.82, 2.24) is 4.90 Å². The molecule has 2 fully saturated rings. The third-order valence-corrected chi connectivity index (χ3v) is 5.76. The molecule has 0 aromatic carbocycles. The summed E-state index contributed by atoms with van der Waals surface area (Å²) in [6.45, 7) is 4.39. The van der Waals surface area contributed by atoms with Crippen molar-refractivity contribution in [2.45, 2.75) is 58.2 Å². The highest BCUT2D eigenvalue weighted by atomic mass is 16.7. The van der Waals surface area contributed by atoms with Crippen molar-refractivity contribution < 1.29 is 19.4 Å². The van der Waals surface area contributed by atoms with Crippen LogP contribution in [0, 0.1) is 17.8 Å². The monoisotopic (exact) mass is 337 g/mol. The van der Waals surface area contributed by atoms with E-state index in [2.05, 4.69) is 6.08 Å². The molecule has 1 amide bonds. The number of likely N-dealkylation sites (tertiary alicyclic amines) is 1. The number of nitrogens with zero attached hydrogens (tertiary/aromatic N) is 1. The zero-order chi connectivity index (χ0) is 16.9. The van der Waals surface area contributed by atoms with Crippen LogP contribution in [0.25, 0.3) is 0 Å². The molecule has 0 spiro atoms. The number of aliphatic hydroxyl groups is 1. The van der Waals surface area contributed by atoms with Gasteiger partial charge in [-0.3, -0.25) is 4.79 Å². The first-order valence-corrected chi connectivity index (χ1v) is 9.64. The standard InChI is InChI=1S/C19H31NO4/c1-2-23-19-15(9-6-12-21)16(14-7-5-8-14)13-17(24-19)18(22)20-10-3-4-11-20/h13-16,19,21H,2-12H2,1H3/t15-,16+,19+/m0/s1. The van der Waals surface area contributed by atoms with Crippen LogP contribution >= 0.6 is 0 Å². The fourth-order valence-corrected chi connectivity index (χ4v) is 4.22. The van der Waals surface area contributed by atoms with Gasteiger partial charge in [-0.15, -0.1) is 0 Å². The summed E-state index contributed by atoms with van der Waals surface area (Å²) in [5.74, 6) is 1.71. The molecule has 1 N–H and O–H groups in total. The number of carbonyl (C=O) groups excluding carboxylic acids is 1. The van der Waals surface area contributed by atoms with E-state index in [1.54, 1.807) is 0 Å². The molecule has 2 heterocycles. The highest BCUT2D eigenvalue weighted by Crippen LogP contribution is 2.44. The maximum atomic E-state index is 12.8. The van der Waals surface area contributed by atoms with Crippen molar-refractivity contribution in [2.24, 2.45) is 17.8 Å². The maximum Gasteiger partial charge on any atom is 0.288 e. The van der Waals surface area contributed by atoms with Crippen LogP contribution in [0.5, 0.6) is 0 Å². The van der Waals surface area contributed by atoms with Crippen LogP contribution < -0.4 is 0 Å². The van der Waals surface area contributed by atoms with E-state index in [9.17, 15) is 9.90 Å². The van der Waals surface area contributed by atoms with Crippen molar-refractivity contribution in [3.63, 3.8) is 0 Å². The van der Waals surface area contributed by atoms with Crippen LogP contribution in [0.2, 0.25) is 0 Å². The molecule has 24 heavy (non-hydrogen) atoms. The first kappa shape index (κ1) is 17.7. The molecule has 1 saturated carbocycles. The number of hydrogen-bond acceptors (Lipinski definition) is 4. The van der Waals surface area contributed by atoms with E-state index in [0.717, 1.165) is 38.8 Å². The van der Waals surface area contributed by atoms with Gasteiger partial charge in [0.25, 0.3) is 5.91 Å². The lowest BCUT2D eigenvalue weighted by atomic mass is 9.68. The summed E-state index contributed by atoms with van der Waals surface area (Å²) in [5.41, 5.74) is 0.